The van der Waals surface area contributed by atoms with E-state index in [9.17, 15) is 0 Å². The molecule has 64 heavy (non-hydrogen) atoms. The van der Waals surface area contributed by atoms with Crippen molar-refractivity contribution in [1.82, 2.24) is 4.57 Å². The van der Waals surface area contributed by atoms with Gasteiger partial charge in [-0.25, -0.2) is 0 Å². The van der Waals surface area contributed by atoms with Crippen LogP contribution >= 0.6 is 0 Å². The number of hydrogen-bond donors (Lipinski definition) is 0. The number of furan rings is 1. The Bertz CT molecular complexity index is 3760. The van der Waals surface area contributed by atoms with Crippen LogP contribution in [-0.2, 0) is 5.41 Å². The van der Waals surface area contributed by atoms with Crippen molar-refractivity contribution in [2.75, 3.05) is 4.90 Å². The molecule has 13 rings (SSSR count). The first-order valence-corrected chi connectivity index (χ1v) is 22.2. The number of para-hydroxylation sites is 4. The summed E-state index contributed by atoms with van der Waals surface area (Å²) < 4.78 is 8.90. The van der Waals surface area contributed by atoms with Crippen LogP contribution in [0.3, 0.4) is 0 Å². The molecule has 0 aliphatic heterocycles. The Hall–Kier alpha value is -8.14. The Morgan fingerprint density at radius 3 is 1.69 bits per heavy atom. The monoisotopic (exact) mass is 818 g/mol. The lowest BCUT2D eigenvalue weighted by Crippen LogP contribution is -2.17. The molecule has 0 fully saturated rings. The topological polar surface area (TPSA) is 21.3 Å². The maximum atomic E-state index is 6.47. The third-order valence-electron chi connectivity index (χ3n) is 13.8. The molecule has 10 aromatic carbocycles. The molecule has 0 spiro atoms. The average molecular weight is 819 g/mol. The summed E-state index contributed by atoms with van der Waals surface area (Å²) in [6.07, 6.45) is 0. The third-order valence-corrected chi connectivity index (χ3v) is 13.8. The molecule has 0 radical (unpaired) electrons. The number of hydrogen-bond acceptors (Lipinski definition) is 2. The number of anilines is 3. The van der Waals surface area contributed by atoms with Gasteiger partial charge in [0.2, 0.25) is 0 Å². The summed E-state index contributed by atoms with van der Waals surface area (Å²) in [4.78, 5) is 2.40. The van der Waals surface area contributed by atoms with Crippen LogP contribution in [-0.4, -0.2) is 4.57 Å². The van der Waals surface area contributed by atoms with Crippen LogP contribution in [0, 0.1) is 0 Å². The molecule has 302 valence electrons. The Kier molecular flexibility index (Phi) is 7.95. The minimum Gasteiger partial charge on any atom is -0.455 e. The smallest absolute Gasteiger partial charge is 0.143 e. The minimum atomic E-state index is -0.240. The van der Waals surface area contributed by atoms with Gasteiger partial charge in [-0.15, -0.1) is 0 Å². The van der Waals surface area contributed by atoms with Gasteiger partial charge in [-0.3, -0.25) is 0 Å². The van der Waals surface area contributed by atoms with E-state index in [2.05, 4.69) is 230 Å². The zero-order chi connectivity index (χ0) is 42.5. The summed E-state index contributed by atoms with van der Waals surface area (Å²) in [6.45, 7) is 4.76. The number of aromatic nitrogens is 1. The standard InChI is InChI=1S/C61H42N2O/c1-61(2)55-37-46(32-34-49(55)50-35-33-47(38-56(50)61)63-57-19-8-5-14-51(57)52-15-6-9-20-58(52)63)62(44-28-24-40(25-29-44)43-23-22-39-12-3-4-13-42(39)36-43)45-30-26-41(27-31-45)48-17-11-18-54-53-16-7-10-21-59(53)64-60(48)54/h3-38H,1-2H3. The Balaban J connectivity index is 0.919. The van der Waals surface area contributed by atoms with Crippen molar-refractivity contribution in [3.63, 3.8) is 0 Å². The molecule has 0 atom stereocenters. The van der Waals surface area contributed by atoms with E-state index in [0.717, 1.165) is 50.1 Å². The first kappa shape index (κ1) is 36.5. The highest BCUT2D eigenvalue weighted by atomic mass is 16.3. The highest BCUT2D eigenvalue weighted by molar-refractivity contribution is 6.10. The van der Waals surface area contributed by atoms with Crippen LogP contribution in [0.15, 0.2) is 223 Å². The van der Waals surface area contributed by atoms with Gasteiger partial charge in [0.25, 0.3) is 0 Å². The molecule has 1 aliphatic carbocycles. The zero-order valence-corrected chi connectivity index (χ0v) is 35.6. The van der Waals surface area contributed by atoms with E-state index in [0.29, 0.717) is 0 Å². The average Bonchev–Trinajstić information content (AvgIpc) is 3.97. The van der Waals surface area contributed by atoms with Gasteiger partial charge in [-0.1, -0.05) is 159 Å². The molecule has 0 N–H and O–H groups in total. The summed E-state index contributed by atoms with van der Waals surface area (Å²) in [5.74, 6) is 0. The maximum absolute atomic E-state index is 6.47. The van der Waals surface area contributed by atoms with Crippen molar-refractivity contribution in [3.8, 4) is 39.1 Å². The first-order chi connectivity index (χ1) is 31.5. The van der Waals surface area contributed by atoms with Gasteiger partial charge in [-0.05, 0) is 123 Å². The van der Waals surface area contributed by atoms with Crippen molar-refractivity contribution in [1.29, 1.82) is 0 Å². The molecule has 2 aromatic heterocycles. The molecule has 3 nitrogen and oxygen atoms in total. The summed E-state index contributed by atoms with van der Waals surface area (Å²) in [5.41, 5.74) is 18.4. The predicted octanol–water partition coefficient (Wildman–Crippen LogP) is 16.9. The quantitative estimate of drug-likeness (QED) is 0.167. The number of nitrogens with zero attached hydrogens (tertiary/aromatic N) is 2. The van der Waals surface area contributed by atoms with Gasteiger partial charge >= 0.3 is 0 Å². The summed E-state index contributed by atoms with van der Waals surface area (Å²) in [6, 6.07) is 79.7. The van der Waals surface area contributed by atoms with E-state index in [1.807, 2.05) is 12.1 Å². The minimum absolute atomic E-state index is 0.240. The normalized spacial score (nSPS) is 13.0. The van der Waals surface area contributed by atoms with Crippen molar-refractivity contribution in [3.05, 3.63) is 230 Å². The van der Waals surface area contributed by atoms with Crippen molar-refractivity contribution in [2.24, 2.45) is 0 Å². The first-order valence-electron chi connectivity index (χ1n) is 22.2. The third kappa shape index (κ3) is 5.54. The van der Waals surface area contributed by atoms with Gasteiger partial charge in [0.05, 0.1) is 11.0 Å². The van der Waals surface area contributed by atoms with E-state index in [4.69, 9.17) is 4.42 Å². The second kappa shape index (κ2) is 13.9. The number of benzene rings is 10. The molecule has 3 heteroatoms. The van der Waals surface area contributed by atoms with Gasteiger partial charge in [0.1, 0.15) is 11.2 Å². The van der Waals surface area contributed by atoms with Crippen molar-refractivity contribution < 1.29 is 4.42 Å². The van der Waals surface area contributed by atoms with E-state index >= 15 is 0 Å². The Morgan fingerprint density at radius 1 is 0.391 bits per heavy atom. The van der Waals surface area contributed by atoms with Crippen LogP contribution in [0.5, 0.6) is 0 Å². The van der Waals surface area contributed by atoms with Gasteiger partial charge in [0, 0.05) is 55.3 Å². The zero-order valence-electron chi connectivity index (χ0n) is 35.6. The maximum Gasteiger partial charge on any atom is 0.143 e. The lowest BCUT2D eigenvalue weighted by Gasteiger charge is -2.28. The van der Waals surface area contributed by atoms with E-state index in [-0.39, 0.29) is 5.41 Å². The Labute approximate surface area is 371 Å². The lowest BCUT2D eigenvalue weighted by atomic mass is 9.82. The number of rotatable bonds is 6. The van der Waals surface area contributed by atoms with Crippen LogP contribution in [0.2, 0.25) is 0 Å². The molecule has 0 saturated carbocycles. The highest BCUT2D eigenvalue weighted by Gasteiger charge is 2.36. The fraction of sp³-hybridized carbons (Fsp3) is 0.0492. The molecular weight excluding hydrogens is 777 g/mol. The van der Waals surface area contributed by atoms with Crippen LogP contribution in [0.1, 0.15) is 25.0 Å². The van der Waals surface area contributed by atoms with Crippen molar-refractivity contribution >= 4 is 71.6 Å². The molecule has 0 bridgehead atoms. The van der Waals surface area contributed by atoms with Gasteiger partial charge < -0.3 is 13.9 Å². The molecule has 0 saturated heterocycles. The summed E-state index contributed by atoms with van der Waals surface area (Å²) >= 11 is 0. The van der Waals surface area contributed by atoms with E-state index in [1.165, 1.54) is 71.6 Å². The lowest BCUT2D eigenvalue weighted by molar-refractivity contribution is 0.660. The summed E-state index contributed by atoms with van der Waals surface area (Å²) in [7, 11) is 0. The van der Waals surface area contributed by atoms with Crippen LogP contribution in [0.25, 0.3) is 93.6 Å². The molecule has 0 unspecified atom stereocenters. The highest BCUT2D eigenvalue weighted by Crippen LogP contribution is 2.52. The van der Waals surface area contributed by atoms with Gasteiger partial charge in [-0.2, -0.15) is 0 Å². The van der Waals surface area contributed by atoms with Crippen molar-refractivity contribution in [2.45, 2.75) is 19.3 Å². The van der Waals surface area contributed by atoms with E-state index < -0.39 is 0 Å². The van der Waals surface area contributed by atoms with Crippen LogP contribution < -0.4 is 4.90 Å². The van der Waals surface area contributed by atoms with Gasteiger partial charge in [0.15, 0.2) is 0 Å². The molecule has 2 heterocycles. The largest absolute Gasteiger partial charge is 0.455 e. The molecule has 0 amide bonds. The van der Waals surface area contributed by atoms with E-state index in [1.54, 1.807) is 0 Å². The van der Waals surface area contributed by atoms with Crippen LogP contribution in [0.4, 0.5) is 17.1 Å². The fourth-order valence-corrected chi connectivity index (χ4v) is 10.6. The SMILES string of the molecule is CC1(C)c2cc(N(c3ccc(-c4ccc5ccccc5c4)cc3)c3ccc(-c4cccc5c4oc4ccccc45)cc3)ccc2-c2ccc(-n3c4ccccc4c4ccccc43)cc21. The second-order valence-electron chi connectivity index (χ2n) is 17.7. The molecular formula is C61H42N2O. The number of fused-ring (bicyclic) bond motifs is 10. The fourth-order valence-electron chi connectivity index (χ4n) is 10.6. The Morgan fingerprint density at radius 2 is 0.953 bits per heavy atom. The predicted molar refractivity (Wildman–Crippen MR) is 269 cm³/mol. The second-order valence-corrected chi connectivity index (χ2v) is 17.7. The summed E-state index contributed by atoms with van der Waals surface area (Å²) in [5, 5.41) is 7.31. The molecule has 12 aromatic rings. The molecule has 1 aliphatic rings.